The zero-order valence-electron chi connectivity index (χ0n) is 20.4. The second kappa shape index (κ2) is 11.1. The van der Waals surface area contributed by atoms with Crippen molar-refractivity contribution in [2.24, 2.45) is 5.73 Å². The van der Waals surface area contributed by atoms with Crippen LogP contribution in [0, 0.1) is 6.92 Å². The number of carbonyl (C=O) groups is 3. The number of nitrogens with one attached hydrogen (secondary N) is 1. The Morgan fingerprint density at radius 2 is 1.73 bits per heavy atom. The van der Waals surface area contributed by atoms with Crippen molar-refractivity contribution in [2.45, 2.75) is 32.9 Å². The maximum atomic E-state index is 14.0. The van der Waals surface area contributed by atoms with Crippen molar-refractivity contribution in [1.82, 2.24) is 9.69 Å². The minimum absolute atomic E-state index is 0.00231. The van der Waals surface area contributed by atoms with E-state index in [1.807, 2.05) is 49.4 Å². The Kier molecular flexibility index (Phi) is 7.69. The molecule has 2 heterocycles. The third-order valence-corrected chi connectivity index (χ3v) is 6.69. The van der Waals surface area contributed by atoms with Gasteiger partial charge in [-0.25, -0.2) is 0 Å². The maximum absolute atomic E-state index is 14.0. The first-order valence-corrected chi connectivity index (χ1v) is 12.4. The predicted octanol–water partition coefficient (Wildman–Crippen LogP) is 3.99. The van der Waals surface area contributed by atoms with Crippen molar-refractivity contribution >= 4 is 40.6 Å². The number of nitrogens with two attached hydrogens (primary N) is 2. The minimum atomic E-state index is -1.17. The van der Waals surface area contributed by atoms with E-state index in [4.69, 9.17) is 15.9 Å². The molecule has 2 aromatic heterocycles. The third kappa shape index (κ3) is 5.54. The smallest absolute Gasteiger partial charge is 0.273 e. The molecule has 0 aliphatic carbocycles. The molecule has 9 nitrogen and oxygen atoms in total. The first-order valence-electron chi connectivity index (χ1n) is 11.7. The maximum Gasteiger partial charge on any atom is 0.273 e. The summed E-state index contributed by atoms with van der Waals surface area (Å²) in [6.45, 7) is 4.03. The fourth-order valence-corrected chi connectivity index (χ4v) is 4.61. The van der Waals surface area contributed by atoms with Gasteiger partial charge in [-0.2, -0.15) is 4.37 Å². The summed E-state index contributed by atoms with van der Waals surface area (Å²) in [5.41, 5.74) is 13.6. The Balaban J connectivity index is 1.80. The number of aromatic nitrogens is 1. The number of primary amides is 1. The van der Waals surface area contributed by atoms with Crippen LogP contribution < -0.4 is 21.7 Å². The standard InChI is InChI=1S/C27H27N5O4S/c1-3-17-10-12-19(13-11-17)32(27(35)24-21(28)22(25(29)33)31-37-24)23(20-14-9-16(2)36-20)26(34)30-15-18-7-5-4-6-8-18/h4-14,23H,3,15,28H2,1-2H3,(H2,29,33)(H,30,34)/t23-/m0/s1. The lowest BCUT2D eigenvalue weighted by Gasteiger charge is -2.30. The Bertz CT molecular complexity index is 1410. The van der Waals surface area contributed by atoms with Crippen LogP contribution in [0.25, 0.3) is 0 Å². The molecule has 2 aromatic carbocycles. The van der Waals surface area contributed by atoms with Crippen molar-refractivity contribution in [2.75, 3.05) is 10.6 Å². The molecule has 0 fully saturated rings. The van der Waals surface area contributed by atoms with Crippen molar-refractivity contribution in [1.29, 1.82) is 0 Å². The van der Waals surface area contributed by atoms with Crippen LogP contribution in [0.4, 0.5) is 11.4 Å². The summed E-state index contributed by atoms with van der Waals surface area (Å²) in [5.74, 6) is -1.05. The lowest BCUT2D eigenvalue weighted by atomic mass is 10.1. The van der Waals surface area contributed by atoms with Crippen LogP contribution in [-0.2, 0) is 17.8 Å². The number of aryl methyl sites for hydroxylation is 2. The number of anilines is 2. The molecule has 4 rings (SSSR count). The molecule has 0 unspecified atom stereocenters. The van der Waals surface area contributed by atoms with Crippen LogP contribution >= 0.6 is 11.5 Å². The van der Waals surface area contributed by atoms with E-state index in [1.54, 1.807) is 31.2 Å². The number of rotatable bonds is 9. The van der Waals surface area contributed by atoms with Gasteiger partial charge in [-0.05, 0) is 60.3 Å². The third-order valence-electron chi connectivity index (χ3n) is 5.84. The normalized spacial score (nSPS) is 11.6. The zero-order chi connectivity index (χ0) is 26.5. The van der Waals surface area contributed by atoms with Crippen molar-refractivity contribution in [3.8, 4) is 0 Å². The monoisotopic (exact) mass is 517 g/mol. The molecule has 0 saturated heterocycles. The van der Waals surface area contributed by atoms with E-state index in [9.17, 15) is 14.4 Å². The molecule has 0 bridgehead atoms. The van der Waals surface area contributed by atoms with Gasteiger partial charge < -0.3 is 21.2 Å². The molecule has 0 spiro atoms. The van der Waals surface area contributed by atoms with Gasteiger partial charge in [-0.15, -0.1) is 0 Å². The highest BCUT2D eigenvalue weighted by molar-refractivity contribution is 7.09. The highest BCUT2D eigenvalue weighted by Crippen LogP contribution is 2.34. The zero-order valence-corrected chi connectivity index (χ0v) is 21.2. The number of hydrogen-bond acceptors (Lipinski definition) is 7. The number of hydrogen-bond donors (Lipinski definition) is 3. The van der Waals surface area contributed by atoms with Gasteiger partial charge in [0, 0.05) is 12.2 Å². The highest BCUT2D eigenvalue weighted by Gasteiger charge is 2.37. The van der Waals surface area contributed by atoms with Gasteiger partial charge in [0.25, 0.3) is 17.7 Å². The fourth-order valence-electron chi connectivity index (χ4n) is 3.87. The summed E-state index contributed by atoms with van der Waals surface area (Å²) in [5, 5.41) is 2.91. The second-order valence-corrected chi connectivity index (χ2v) is 9.16. The summed E-state index contributed by atoms with van der Waals surface area (Å²) in [6.07, 6.45) is 0.802. The SMILES string of the molecule is CCc1ccc(N(C(=O)c2snc(C(N)=O)c2N)[C@H](C(=O)NCc2ccccc2)c2ccc(C)o2)cc1. The van der Waals surface area contributed by atoms with E-state index in [0.717, 1.165) is 29.1 Å². The van der Waals surface area contributed by atoms with Crippen molar-refractivity contribution in [3.63, 3.8) is 0 Å². The number of benzene rings is 2. The number of amides is 3. The lowest BCUT2D eigenvalue weighted by molar-refractivity contribution is -0.123. The Morgan fingerprint density at radius 1 is 1.03 bits per heavy atom. The van der Waals surface area contributed by atoms with Crippen LogP contribution in [0.2, 0.25) is 0 Å². The van der Waals surface area contributed by atoms with Gasteiger partial charge in [0.2, 0.25) is 0 Å². The summed E-state index contributed by atoms with van der Waals surface area (Å²) in [6, 6.07) is 18.9. The topological polar surface area (TPSA) is 145 Å². The first-order chi connectivity index (χ1) is 17.8. The average Bonchev–Trinajstić information content (AvgIpc) is 3.51. The predicted molar refractivity (Wildman–Crippen MR) is 142 cm³/mol. The van der Waals surface area contributed by atoms with Gasteiger partial charge in [-0.1, -0.05) is 49.4 Å². The van der Waals surface area contributed by atoms with E-state index in [-0.39, 0.29) is 28.6 Å². The minimum Gasteiger partial charge on any atom is -0.464 e. The number of nitrogens with zero attached hydrogens (tertiary/aromatic N) is 2. The summed E-state index contributed by atoms with van der Waals surface area (Å²) < 4.78 is 9.82. The summed E-state index contributed by atoms with van der Waals surface area (Å²) in [7, 11) is 0. The van der Waals surface area contributed by atoms with E-state index in [0.29, 0.717) is 11.4 Å². The number of nitrogen functional groups attached to an aromatic ring is 1. The molecule has 5 N–H and O–H groups in total. The molecule has 190 valence electrons. The average molecular weight is 518 g/mol. The summed E-state index contributed by atoms with van der Waals surface area (Å²) >= 11 is 0.754. The molecule has 37 heavy (non-hydrogen) atoms. The Hall–Kier alpha value is -4.44. The van der Waals surface area contributed by atoms with Gasteiger partial charge >= 0.3 is 0 Å². The van der Waals surface area contributed by atoms with Crippen LogP contribution in [0.5, 0.6) is 0 Å². The fraction of sp³-hybridized carbons (Fsp3) is 0.185. The molecular weight excluding hydrogens is 490 g/mol. The molecule has 1 atom stereocenters. The van der Waals surface area contributed by atoms with Gasteiger partial charge in [0.1, 0.15) is 16.4 Å². The van der Waals surface area contributed by atoms with E-state index < -0.39 is 23.8 Å². The second-order valence-electron chi connectivity index (χ2n) is 8.39. The largest absolute Gasteiger partial charge is 0.464 e. The number of carbonyl (C=O) groups excluding carboxylic acids is 3. The van der Waals surface area contributed by atoms with Crippen LogP contribution in [0.1, 0.15) is 55.8 Å². The molecule has 10 heteroatoms. The highest BCUT2D eigenvalue weighted by atomic mass is 32.1. The van der Waals surface area contributed by atoms with E-state index in [1.165, 1.54) is 4.90 Å². The molecule has 0 aliphatic heterocycles. The molecular formula is C27H27N5O4S. The molecule has 3 amide bonds. The molecule has 0 aliphatic rings. The first kappa shape index (κ1) is 25.6. The molecule has 0 radical (unpaired) electrons. The van der Waals surface area contributed by atoms with Crippen LogP contribution in [0.3, 0.4) is 0 Å². The van der Waals surface area contributed by atoms with Crippen LogP contribution in [0.15, 0.2) is 71.1 Å². The van der Waals surface area contributed by atoms with E-state index in [2.05, 4.69) is 9.69 Å². The number of furan rings is 1. The molecule has 0 saturated carbocycles. The van der Waals surface area contributed by atoms with Gasteiger partial charge in [0.05, 0.1) is 5.69 Å². The van der Waals surface area contributed by atoms with Gasteiger partial charge in [-0.3, -0.25) is 19.3 Å². The van der Waals surface area contributed by atoms with Crippen molar-refractivity contribution < 1.29 is 18.8 Å². The quantitative estimate of drug-likeness (QED) is 0.306. The van der Waals surface area contributed by atoms with Crippen LogP contribution in [-0.4, -0.2) is 22.1 Å². The van der Waals surface area contributed by atoms with E-state index >= 15 is 0 Å². The molecule has 4 aromatic rings. The Labute approximate surface area is 218 Å². The summed E-state index contributed by atoms with van der Waals surface area (Å²) in [4.78, 5) is 40.8. The Morgan fingerprint density at radius 3 is 2.30 bits per heavy atom. The van der Waals surface area contributed by atoms with Crippen molar-refractivity contribution in [3.05, 3.63) is 99.9 Å². The lowest BCUT2D eigenvalue weighted by Crippen LogP contribution is -2.43. The van der Waals surface area contributed by atoms with Gasteiger partial charge in [0.15, 0.2) is 11.7 Å².